The van der Waals surface area contributed by atoms with Crippen molar-refractivity contribution in [3.8, 4) is 0 Å². The number of aliphatic hydroxyl groups excluding tert-OH is 1. The molecule has 4 saturated carbocycles. The molecule has 0 spiro atoms. The zero-order valence-corrected chi connectivity index (χ0v) is 23.0. The van der Waals surface area contributed by atoms with Crippen LogP contribution in [0.2, 0.25) is 0 Å². The van der Waals surface area contributed by atoms with E-state index < -0.39 is 5.60 Å². The van der Waals surface area contributed by atoms with Gasteiger partial charge < -0.3 is 14.9 Å². The average molecular weight is 475 g/mol. The van der Waals surface area contributed by atoms with Crippen LogP contribution >= 0.6 is 0 Å². The maximum atomic E-state index is 12.9. The number of aliphatic hydroxyl groups is 2. The van der Waals surface area contributed by atoms with E-state index >= 15 is 0 Å². The van der Waals surface area contributed by atoms with Crippen LogP contribution in [0.4, 0.5) is 0 Å². The highest BCUT2D eigenvalue weighted by Crippen LogP contribution is 2.75. The van der Waals surface area contributed by atoms with Gasteiger partial charge in [0.1, 0.15) is 5.78 Å². The molecule has 0 aromatic heterocycles. The summed E-state index contributed by atoms with van der Waals surface area (Å²) in [4.78, 5) is 12.9. The third kappa shape index (κ3) is 3.09. The first-order valence-corrected chi connectivity index (χ1v) is 14.1. The third-order valence-electron chi connectivity index (χ3n) is 13.0. The van der Waals surface area contributed by atoms with Gasteiger partial charge in [-0.2, -0.15) is 0 Å². The van der Waals surface area contributed by atoms with Crippen LogP contribution in [0.3, 0.4) is 0 Å². The molecule has 10 atom stereocenters. The van der Waals surface area contributed by atoms with Gasteiger partial charge >= 0.3 is 0 Å². The van der Waals surface area contributed by atoms with Gasteiger partial charge in [0.05, 0.1) is 23.4 Å². The number of fused-ring (bicyclic) bond motifs is 5. The highest BCUT2D eigenvalue weighted by atomic mass is 16.5. The van der Waals surface area contributed by atoms with E-state index in [0.717, 1.165) is 51.4 Å². The van der Waals surface area contributed by atoms with Crippen molar-refractivity contribution in [2.24, 2.45) is 45.3 Å². The van der Waals surface area contributed by atoms with Crippen molar-refractivity contribution in [3.63, 3.8) is 0 Å². The van der Waals surface area contributed by atoms with E-state index in [1.165, 1.54) is 0 Å². The van der Waals surface area contributed by atoms with E-state index in [1.807, 2.05) is 13.8 Å². The average Bonchev–Trinajstić information content (AvgIpc) is 3.30. The van der Waals surface area contributed by atoms with E-state index in [0.29, 0.717) is 30.0 Å². The Labute approximate surface area is 207 Å². The van der Waals surface area contributed by atoms with Crippen LogP contribution in [0.1, 0.15) is 113 Å². The summed E-state index contributed by atoms with van der Waals surface area (Å²) in [6.07, 6.45) is 8.43. The second kappa shape index (κ2) is 7.32. The Morgan fingerprint density at radius 2 is 1.53 bits per heavy atom. The lowest BCUT2D eigenvalue weighted by atomic mass is 9.35. The van der Waals surface area contributed by atoms with Crippen LogP contribution in [0.25, 0.3) is 0 Å². The quantitative estimate of drug-likeness (QED) is 0.521. The molecular weight excluding hydrogens is 424 g/mol. The zero-order valence-electron chi connectivity index (χ0n) is 23.0. The number of hydrogen-bond acceptors (Lipinski definition) is 4. The Hall–Kier alpha value is -0.450. The SMILES string of the molecule is CC(C)(O)[C@H]1CC[C@@](C)([C@H]2CC[C@]3(C)[C@H]2[C@H](O)C[C@H]2[C@@]4(C)CCC(=O)C(C)(C)[C@H]4CC[C@]23C)O1. The number of ether oxygens (including phenoxy) is 1. The van der Waals surface area contributed by atoms with Crippen molar-refractivity contribution in [1.29, 1.82) is 0 Å². The molecule has 4 aliphatic carbocycles. The van der Waals surface area contributed by atoms with E-state index in [2.05, 4.69) is 41.5 Å². The van der Waals surface area contributed by atoms with Crippen molar-refractivity contribution in [1.82, 2.24) is 0 Å². The predicted molar refractivity (Wildman–Crippen MR) is 134 cm³/mol. The molecule has 0 unspecified atom stereocenters. The largest absolute Gasteiger partial charge is 0.393 e. The number of Topliss-reactive ketones (excluding diaryl/α,β-unsaturated/α-hetero) is 1. The molecule has 5 rings (SSSR count). The number of hydrogen-bond donors (Lipinski definition) is 2. The fourth-order valence-electron chi connectivity index (χ4n) is 10.9. The summed E-state index contributed by atoms with van der Waals surface area (Å²) in [5.41, 5.74) is -1.03. The Balaban J connectivity index is 1.49. The summed E-state index contributed by atoms with van der Waals surface area (Å²) in [5.74, 6) is 1.85. The van der Waals surface area contributed by atoms with E-state index in [9.17, 15) is 15.0 Å². The molecule has 1 saturated heterocycles. The molecule has 0 aromatic rings. The van der Waals surface area contributed by atoms with Gasteiger partial charge in [0, 0.05) is 11.8 Å². The number of rotatable bonds is 2. The Kier molecular flexibility index (Phi) is 5.42. The second-order valence-electron chi connectivity index (χ2n) is 15.2. The van der Waals surface area contributed by atoms with Gasteiger partial charge in [0.25, 0.3) is 0 Å². The van der Waals surface area contributed by atoms with Gasteiger partial charge in [0.15, 0.2) is 0 Å². The summed E-state index contributed by atoms with van der Waals surface area (Å²) in [7, 11) is 0. The smallest absolute Gasteiger partial charge is 0.138 e. The standard InChI is InChI=1S/C30H50O4/c1-25(2)20-10-15-28(6)21(27(20,5)13-11-22(25)32)17-19(31)24-18(9-14-29(24,28)7)30(8)16-12-23(34-30)26(3,4)33/h18-21,23-24,31,33H,9-17H2,1-8H3/t18-,19+,20+,21-,23+,24+,27-,28+,29+,30-/m0/s1. The topological polar surface area (TPSA) is 66.8 Å². The molecule has 194 valence electrons. The second-order valence-corrected chi connectivity index (χ2v) is 15.2. The molecule has 1 heterocycles. The van der Waals surface area contributed by atoms with Gasteiger partial charge in [-0.1, -0.05) is 34.6 Å². The highest BCUT2D eigenvalue weighted by Gasteiger charge is 2.71. The van der Waals surface area contributed by atoms with Gasteiger partial charge in [-0.3, -0.25) is 4.79 Å². The number of carbonyl (C=O) groups excluding carboxylic acids is 1. The predicted octanol–water partition coefficient (Wildman–Crippen LogP) is 5.92. The molecule has 0 aromatic carbocycles. The first kappa shape index (κ1) is 25.2. The minimum absolute atomic E-state index is 0.0682. The van der Waals surface area contributed by atoms with Crippen molar-refractivity contribution in [2.45, 2.75) is 137 Å². The van der Waals surface area contributed by atoms with E-state index in [-0.39, 0.29) is 45.4 Å². The summed E-state index contributed by atoms with van der Waals surface area (Å²) >= 11 is 0. The molecule has 0 radical (unpaired) electrons. The lowest BCUT2D eigenvalue weighted by Crippen LogP contribution is -2.66. The van der Waals surface area contributed by atoms with Crippen LogP contribution in [-0.2, 0) is 9.53 Å². The van der Waals surface area contributed by atoms with Crippen LogP contribution < -0.4 is 0 Å². The molecule has 4 nitrogen and oxygen atoms in total. The van der Waals surface area contributed by atoms with Gasteiger partial charge in [-0.25, -0.2) is 0 Å². The zero-order chi connectivity index (χ0) is 25.1. The molecule has 1 aliphatic heterocycles. The van der Waals surface area contributed by atoms with Crippen molar-refractivity contribution >= 4 is 5.78 Å². The van der Waals surface area contributed by atoms with Crippen LogP contribution in [-0.4, -0.2) is 39.4 Å². The van der Waals surface area contributed by atoms with E-state index in [1.54, 1.807) is 0 Å². The lowest BCUT2D eigenvalue weighted by molar-refractivity contribution is -0.235. The summed E-state index contributed by atoms with van der Waals surface area (Å²) in [6, 6.07) is 0. The molecule has 5 aliphatic rings. The maximum absolute atomic E-state index is 12.9. The third-order valence-corrected chi connectivity index (χ3v) is 13.0. The van der Waals surface area contributed by atoms with Crippen molar-refractivity contribution in [2.75, 3.05) is 0 Å². The van der Waals surface area contributed by atoms with Crippen molar-refractivity contribution in [3.05, 3.63) is 0 Å². The minimum atomic E-state index is -0.833. The van der Waals surface area contributed by atoms with Gasteiger partial charge in [0.2, 0.25) is 0 Å². The van der Waals surface area contributed by atoms with Crippen LogP contribution in [0.5, 0.6) is 0 Å². The van der Waals surface area contributed by atoms with E-state index in [4.69, 9.17) is 4.74 Å². The first-order chi connectivity index (χ1) is 15.5. The Morgan fingerprint density at radius 3 is 2.15 bits per heavy atom. The molecule has 34 heavy (non-hydrogen) atoms. The maximum Gasteiger partial charge on any atom is 0.138 e. The summed E-state index contributed by atoms with van der Waals surface area (Å²) in [5, 5.41) is 22.5. The minimum Gasteiger partial charge on any atom is -0.393 e. The fourth-order valence-corrected chi connectivity index (χ4v) is 10.9. The van der Waals surface area contributed by atoms with Crippen LogP contribution in [0.15, 0.2) is 0 Å². The summed E-state index contributed by atoms with van der Waals surface area (Å²) in [6.45, 7) is 17.8. The molecule has 5 fully saturated rings. The number of carbonyl (C=O) groups is 1. The Bertz CT molecular complexity index is 858. The molecule has 4 heteroatoms. The monoisotopic (exact) mass is 474 g/mol. The molecule has 0 bridgehead atoms. The molecule has 0 amide bonds. The summed E-state index contributed by atoms with van der Waals surface area (Å²) < 4.78 is 6.65. The molecule has 2 N–H and O–H groups in total. The Morgan fingerprint density at radius 1 is 0.882 bits per heavy atom. The highest BCUT2D eigenvalue weighted by molar-refractivity contribution is 5.85. The van der Waals surface area contributed by atoms with Crippen molar-refractivity contribution < 1.29 is 19.7 Å². The number of ketones is 1. The van der Waals surface area contributed by atoms with Crippen LogP contribution in [0, 0.1) is 45.3 Å². The first-order valence-electron chi connectivity index (χ1n) is 14.1. The van der Waals surface area contributed by atoms with Gasteiger partial charge in [-0.05, 0) is 112 Å². The fraction of sp³-hybridized carbons (Fsp3) is 0.967. The molecular formula is C30H50O4. The lowest BCUT2D eigenvalue weighted by Gasteiger charge is -2.69. The van der Waals surface area contributed by atoms with Gasteiger partial charge in [-0.15, -0.1) is 0 Å². The normalized spacial score (nSPS) is 54.9.